The third kappa shape index (κ3) is 3.31. The quantitative estimate of drug-likeness (QED) is 0.750. The lowest BCUT2D eigenvalue weighted by Gasteiger charge is -2.19. The summed E-state index contributed by atoms with van der Waals surface area (Å²) in [6.45, 7) is 1.62. The number of imidazole rings is 1. The fourth-order valence-electron chi connectivity index (χ4n) is 2.06. The summed E-state index contributed by atoms with van der Waals surface area (Å²) in [4.78, 5) is 18.7. The fourth-order valence-corrected chi connectivity index (χ4v) is 3.43. The van der Waals surface area contributed by atoms with Gasteiger partial charge in [0.2, 0.25) is 0 Å². The number of aliphatic carboxylic acids is 1. The zero-order valence-electron chi connectivity index (χ0n) is 10.3. The molecule has 9 heteroatoms. The van der Waals surface area contributed by atoms with Gasteiger partial charge in [-0.15, -0.1) is 0 Å². The maximum Gasteiger partial charge on any atom is 0.317 e. The molecule has 1 aromatic heterocycles. The average Bonchev–Trinajstić information content (AvgIpc) is 2.77. The van der Waals surface area contributed by atoms with E-state index in [0.717, 1.165) is 0 Å². The largest absolute Gasteiger partial charge is 0.480 e. The van der Waals surface area contributed by atoms with Crippen molar-refractivity contribution < 1.29 is 18.3 Å². The minimum absolute atomic E-state index is 0.0576. The third-order valence-electron chi connectivity index (χ3n) is 3.00. The normalized spacial score (nSPS) is 19.2. The van der Waals surface area contributed by atoms with Gasteiger partial charge in [-0.25, -0.2) is 13.4 Å². The van der Waals surface area contributed by atoms with Crippen LogP contribution in [0.3, 0.4) is 0 Å². The Labute approximate surface area is 111 Å². The Morgan fingerprint density at radius 1 is 1.37 bits per heavy atom. The van der Waals surface area contributed by atoms with Crippen molar-refractivity contribution in [1.82, 2.24) is 19.2 Å². The van der Waals surface area contributed by atoms with Gasteiger partial charge in [0.05, 0.1) is 19.1 Å². The van der Waals surface area contributed by atoms with Crippen molar-refractivity contribution in [2.75, 3.05) is 32.7 Å². The van der Waals surface area contributed by atoms with E-state index in [1.165, 1.54) is 16.8 Å². The van der Waals surface area contributed by atoms with Crippen LogP contribution in [0.4, 0.5) is 0 Å². The highest BCUT2D eigenvalue weighted by Gasteiger charge is 2.28. The number of hydrogen-bond donors (Lipinski definition) is 2. The molecule has 2 heterocycles. The summed E-state index contributed by atoms with van der Waals surface area (Å²) in [5.74, 6) is -0.898. The van der Waals surface area contributed by atoms with Crippen LogP contribution in [0.2, 0.25) is 0 Å². The number of hydrogen-bond acceptors (Lipinski definition) is 5. The molecule has 0 aromatic carbocycles. The molecule has 1 aromatic rings. The van der Waals surface area contributed by atoms with E-state index in [1.54, 1.807) is 4.90 Å². The summed E-state index contributed by atoms with van der Waals surface area (Å²) in [7, 11) is -3.55. The third-order valence-corrected chi connectivity index (χ3v) is 4.82. The number of nitrogens with zero attached hydrogens (tertiary/aromatic N) is 3. The monoisotopic (exact) mass is 288 g/mol. The molecule has 2 rings (SSSR count). The molecule has 0 spiro atoms. The first kappa shape index (κ1) is 14.0. The van der Waals surface area contributed by atoms with E-state index in [1.807, 2.05) is 0 Å². The molecule has 8 nitrogen and oxygen atoms in total. The Balaban J connectivity index is 2.05. The summed E-state index contributed by atoms with van der Waals surface area (Å²) < 4.78 is 25.9. The Bertz CT molecular complexity index is 528. The van der Waals surface area contributed by atoms with Crippen molar-refractivity contribution in [2.24, 2.45) is 0 Å². The van der Waals surface area contributed by atoms with Crippen molar-refractivity contribution in [3.63, 3.8) is 0 Å². The molecule has 0 atom stereocenters. The summed E-state index contributed by atoms with van der Waals surface area (Å²) in [5, 5.41) is 8.82. The Morgan fingerprint density at radius 3 is 2.79 bits per heavy atom. The highest BCUT2D eigenvalue weighted by atomic mass is 32.2. The maximum atomic E-state index is 12.2. The van der Waals surface area contributed by atoms with E-state index in [2.05, 4.69) is 9.97 Å². The minimum atomic E-state index is -3.55. The van der Waals surface area contributed by atoms with Crippen LogP contribution in [0.25, 0.3) is 0 Å². The van der Waals surface area contributed by atoms with Gasteiger partial charge in [0.15, 0.2) is 5.03 Å². The molecule has 1 aliphatic heterocycles. The topological polar surface area (TPSA) is 107 Å². The molecule has 0 radical (unpaired) electrons. The van der Waals surface area contributed by atoms with E-state index in [-0.39, 0.29) is 18.1 Å². The summed E-state index contributed by atoms with van der Waals surface area (Å²) >= 11 is 0. The smallest absolute Gasteiger partial charge is 0.317 e. The zero-order chi connectivity index (χ0) is 13.9. The number of aromatic nitrogens is 2. The van der Waals surface area contributed by atoms with Gasteiger partial charge in [-0.1, -0.05) is 0 Å². The van der Waals surface area contributed by atoms with Gasteiger partial charge in [0, 0.05) is 26.2 Å². The average molecular weight is 288 g/mol. The molecule has 1 saturated heterocycles. The van der Waals surface area contributed by atoms with Crippen LogP contribution >= 0.6 is 0 Å². The molecule has 1 fully saturated rings. The predicted octanol–water partition coefficient (Wildman–Crippen LogP) is -0.809. The number of H-pyrrole nitrogens is 1. The van der Waals surface area contributed by atoms with E-state index in [9.17, 15) is 13.2 Å². The number of carboxylic acids is 1. The highest BCUT2D eigenvalue weighted by molar-refractivity contribution is 7.89. The zero-order valence-corrected chi connectivity index (χ0v) is 11.1. The van der Waals surface area contributed by atoms with Gasteiger partial charge in [0.25, 0.3) is 10.0 Å². The van der Waals surface area contributed by atoms with Crippen LogP contribution in [0, 0.1) is 0 Å². The summed E-state index contributed by atoms with van der Waals surface area (Å²) in [5.41, 5.74) is 0. The molecular weight excluding hydrogens is 272 g/mol. The van der Waals surface area contributed by atoms with Gasteiger partial charge in [-0.3, -0.25) is 9.69 Å². The second kappa shape index (κ2) is 5.68. The minimum Gasteiger partial charge on any atom is -0.480 e. The molecule has 19 heavy (non-hydrogen) atoms. The first-order valence-electron chi connectivity index (χ1n) is 5.93. The van der Waals surface area contributed by atoms with Crippen LogP contribution in [0.15, 0.2) is 17.6 Å². The number of carbonyl (C=O) groups is 1. The van der Waals surface area contributed by atoms with E-state index in [0.29, 0.717) is 26.1 Å². The lowest BCUT2D eigenvalue weighted by Crippen LogP contribution is -2.36. The molecule has 106 valence electrons. The molecule has 0 aliphatic carbocycles. The van der Waals surface area contributed by atoms with Crippen LogP contribution in [-0.2, 0) is 14.8 Å². The molecule has 0 unspecified atom stereocenters. The Morgan fingerprint density at radius 2 is 2.16 bits per heavy atom. The van der Waals surface area contributed by atoms with Gasteiger partial charge >= 0.3 is 5.97 Å². The molecular formula is C10H16N4O4S. The van der Waals surface area contributed by atoms with Crippen molar-refractivity contribution in [2.45, 2.75) is 11.4 Å². The van der Waals surface area contributed by atoms with Crippen molar-refractivity contribution >= 4 is 16.0 Å². The maximum absolute atomic E-state index is 12.2. The number of sulfonamides is 1. The second-order valence-electron chi connectivity index (χ2n) is 4.34. The van der Waals surface area contributed by atoms with Gasteiger partial charge < -0.3 is 10.1 Å². The summed E-state index contributed by atoms with van der Waals surface area (Å²) in [6, 6.07) is 0. The van der Waals surface area contributed by atoms with E-state index in [4.69, 9.17) is 5.11 Å². The Hall–Kier alpha value is -1.45. The van der Waals surface area contributed by atoms with Crippen molar-refractivity contribution in [3.8, 4) is 0 Å². The number of aromatic amines is 1. The SMILES string of the molecule is O=C(O)CN1CCCN(S(=O)(=O)c2cnc[nH]2)CC1. The number of nitrogens with one attached hydrogen (secondary N) is 1. The molecule has 0 amide bonds. The van der Waals surface area contributed by atoms with Gasteiger partial charge in [-0.2, -0.15) is 4.31 Å². The van der Waals surface area contributed by atoms with Gasteiger partial charge in [0.1, 0.15) is 0 Å². The first-order chi connectivity index (χ1) is 9.00. The number of rotatable bonds is 4. The highest BCUT2D eigenvalue weighted by Crippen LogP contribution is 2.14. The van der Waals surface area contributed by atoms with Crippen LogP contribution in [-0.4, -0.2) is 71.4 Å². The number of carboxylic acid groups (broad SMARTS) is 1. The van der Waals surface area contributed by atoms with Crippen LogP contribution < -0.4 is 0 Å². The molecule has 1 aliphatic rings. The standard InChI is InChI=1S/C10H16N4O4S/c15-10(16)7-13-2-1-3-14(5-4-13)19(17,18)9-6-11-8-12-9/h6,8H,1-5,7H2,(H,11,12)(H,15,16). The van der Waals surface area contributed by atoms with Crippen molar-refractivity contribution in [3.05, 3.63) is 12.5 Å². The molecule has 2 N–H and O–H groups in total. The fraction of sp³-hybridized carbons (Fsp3) is 0.600. The lowest BCUT2D eigenvalue weighted by atomic mass is 10.4. The Kier molecular flexibility index (Phi) is 4.17. The van der Waals surface area contributed by atoms with Crippen LogP contribution in [0.1, 0.15) is 6.42 Å². The van der Waals surface area contributed by atoms with Gasteiger partial charge in [-0.05, 0) is 6.42 Å². The second-order valence-corrected chi connectivity index (χ2v) is 6.25. The summed E-state index contributed by atoms with van der Waals surface area (Å²) in [6.07, 6.45) is 3.21. The van der Waals surface area contributed by atoms with E-state index < -0.39 is 16.0 Å². The molecule has 0 bridgehead atoms. The van der Waals surface area contributed by atoms with Crippen LogP contribution in [0.5, 0.6) is 0 Å². The molecule has 0 saturated carbocycles. The lowest BCUT2D eigenvalue weighted by molar-refractivity contribution is -0.138. The van der Waals surface area contributed by atoms with E-state index >= 15 is 0 Å². The van der Waals surface area contributed by atoms with Crippen molar-refractivity contribution in [1.29, 1.82) is 0 Å². The predicted molar refractivity (Wildman–Crippen MR) is 66.0 cm³/mol. The first-order valence-corrected chi connectivity index (χ1v) is 7.37.